The molecule has 0 unspecified atom stereocenters. The molecular weight excluding hydrogens is 278 g/mol. The summed E-state index contributed by atoms with van der Waals surface area (Å²) in [6, 6.07) is 11.3. The van der Waals surface area contributed by atoms with Gasteiger partial charge >= 0.3 is 0 Å². The number of hydrogen-bond acceptors (Lipinski definition) is 3. The maximum Gasteiger partial charge on any atom is 0.260 e. The molecule has 0 saturated heterocycles. The zero-order valence-electron chi connectivity index (χ0n) is 12.0. The zero-order chi connectivity index (χ0) is 15.1. The van der Waals surface area contributed by atoms with Crippen molar-refractivity contribution in [2.24, 2.45) is 0 Å². The van der Waals surface area contributed by atoms with E-state index in [4.69, 9.17) is 0 Å². The number of anilines is 2. The SMILES string of the molecule is O=C(c1cccnc1)N1CC(=O)N(C2CC2)c2ccccc21. The summed E-state index contributed by atoms with van der Waals surface area (Å²) in [5.74, 6) is -0.206. The van der Waals surface area contributed by atoms with Crippen LogP contribution < -0.4 is 9.80 Å². The van der Waals surface area contributed by atoms with Gasteiger partial charge in [-0.15, -0.1) is 0 Å². The highest BCUT2D eigenvalue weighted by atomic mass is 16.2. The summed E-state index contributed by atoms with van der Waals surface area (Å²) in [4.78, 5) is 32.6. The third-order valence-corrected chi connectivity index (χ3v) is 4.06. The van der Waals surface area contributed by atoms with E-state index in [2.05, 4.69) is 4.98 Å². The number of para-hydroxylation sites is 2. The standard InChI is InChI=1S/C17H15N3O2/c21-16-11-19(17(22)12-4-3-9-18-10-12)14-5-1-2-6-15(14)20(16)13-7-8-13/h1-6,9-10,13H,7-8,11H2. The van der Waals surface area contributed by atoms with Crippen molar-refractivity contribution in [2.75, 3.05) is 16.3 Å². The van der Waals surface area contributed by atoms with Crippen molar-refractivity contribution in [3.63, 3.8) is 0 Å². The molecule has 0 radical (unpaired) electrons. The van der Waals surface area contributed by atoms with Crippen molar-refractivity contribution in [2.45, 2.75) is 18.9 Å². The molecule has 1 aromatic heterocycles. The minimum atomic E-state index is -0.190. The Balaban J connectivity index is 1.76. The lowest BCUT2D eigenvalue weighted by atomic mass is 10.1. The summed E-state index contributed by atoms with van der Waals surface area (Å²) in [6.45, 7) is 0.0846. The van der Waals surface area contributed by atoms with Gasteiger partial charge in [0.05, 0.1) is 16.9 Å². The van der Waals surface area contributed by atoms with Gasteiger partial charge in [0.1, 0.15) is 6.54 Å². The van der Waals surface area contributed by atoms with Gasteiger partial charge < -0.3 is 4.90 Å². The molecule has 2 heterocycles. The third kappa shape index (κ3) is 2.06. The van der Waals surface area contributed by atoms with Crippen LogP contribution in [0.1, 0.15) is 23.2 Å². The lowest BCUT2D eigenvalue weighted by Gasteiger charge is -2.36. The third-order valence-electron chi connectivity index (χ3n) is 4.06. The Labute approximate surface area is 128 Å². The Morgan fingerprint density at radius 3 is 2.55 bits per heavy atom. The second kappa shape index (κ2) is 4.94. The van der Waals surface area contributed by atoms with Crippen molar-refractivity contribution in [1.29, 1.82) is 0 Å². The van der Waals surface area contributed by atoms with E-state index in [1.54, 1.807) is 23.2 Å². The van der Waals surface area contributed by atoms with Gasteiger partial charge in [0, 0.05) is 18.4 Å². The van der Waals surface area contributed by atoms with Gasteiger partial charge in [0.2, 0.25) is 5.91 Å². The number of rotatable bonds is 2. The molecule has 2 amide bonds. The summed E-state index contributed by atoms with van der Waals surface area (Å²) in [5.41, 5.74) is 2.12. The molecule has 1 saturated carbocycles. The molecule has 2 aromatic rings. The van der Waals surface area contributed by atoms with Crippen LogP contribution in [0.5, 0.6) is 0 Å². The molecule has 5 heteroatoms. The van der Waals surface area contributed by atoms with E-state index in [1.165, 1.54) is 6.20 Å². The van der Waals surface area contributed by atoms with Gasteiger partial charge in [-0.1, -0.05) is 12.1 Å². The number of benzene rings is 1. The first-order valence-corrected chi connectivity index (χ1v) is 7.38. The Morgan fingerprint density at radius 2 is 1.86 bits per heavy atom. The zero-order valence-corrected chi connectivity index (χ0v) is 12.0. The average molecular weight is 293 g/mol. The molecule has 0 N–H and O–H groups in total. The second-order valence-electron chi connectivity index (χ2n) is 5.62. The van der Waals surface area contributed by atoms with Gasteiger partial charge in [-0.3, -0.25) is 19.5 Å². The van der Waals surface area contributed by atoms with Crippen LogP contribution in [0.15, 0.2) is 48.8 Å². The normalized spacial score (nSPS) is 17.4. The fraction of sp³-hybridized carbons (Fsp3) is 0.235. The smallest absolute Gasteiger partial charge is 0.260 e. The molecular formula is C17H15N3O2. The molecule has 5 nitrogen and oxygen atoms in total. The topological polar surface area (TPSA) is 53.5 Å². The highest BCUT2D eigenvalue weighted by Gasteiger charge is 2.40. The van der Waals surface area contributed by atoms with Crippen molar-refractivity contribution in [3.05, 3.63) is 54.4 Å². The second-order valence-corrected chi connectivity index (χ2v) is 5.62. The predicted octanol–water partition coefficient (Wildman–Crippen LogP) is 2.24. The van der Waals surface area contributed by atoms with Gasteiger partial charge in [-0.05, 0) is 37.1 Å². The monoisotopic (exact) mass is 293 g/mol. The first-order valence-electron chi connectivity index (χ1n) is 7.38. The van der Waals surface area contributed by atoms with E-state index in [9.17, 15) is 9.59 Å². The minimum Gasteiger partial charge on any atom is -0.306 e. The minimum absolute atomic E-state index is 0.0153. The molecule has 1 aliphatic carbocycles. The molecule has 0 spiro atoms. The summed E-state index contributed by atoms with van der Waals surface area (Å²) in [6.07, 6.45) is 5.23. The van der Waals surface area contributed by atoms with Gasteiger partial charge in [0.15, 0.2) is 0 Å². The van der Waals surface area contributed by atoms with Crippen LogP contribution in [0.4, 0.5) is 11.4 Å². The van der Waals surface area contributed by atoms with Gasteiger partial charge in [-0.25, -0.2) is 0 Å². The van der Waals surface area contributed by atoms with Crippen LogP contribution in [0.2, 0.25) is 0 Å². The van der Waals surface area contributed by atoms with Crippen LogP contribution in [-0.4, -0.2) is 29.4 Å². The van der Waals surface area contributed by atoms with Crippen LogP contribution in [0.25, 0.3) is 0 Å². The van der Waals surface area contributed by atoms with E-state index >= 15 is 0 Å². The van der Waals surface area contributed by atoms with Crippen molar-refractivity contribution in [1.82, 2.24) is 4.98 Å². The number of fused-ring (bicyclic) bond motifs is 1. The van der Waals surface area contributed by atoms with E-state index in [1.807, 2.05) is 29.2 Å². The number of pyridine rings is 1. The predicted molar refractivity (Wildman–Crippen MR) is 82.9 cm³/mol. The van der Waals surface area contributed by atoms with E-state index < -0.39 is 0 Å². The van der Waals surface area contributed by atoms with Crippen LogP contribution in [-0.2, 0) is 4.79 Å². The quantitative estimate of drug-likeness (QED) is 0.853. The fourth-order valence-electron chi connectivity index (χ4n) is 2.89. The summed E-state index contributed by atoms with van der Waals surface area (Å²) < 4.78 is 0. The first kappa shape index (κ1) is 13.0. The summed E-state index contributed by atoms with van der Waals surface area (Å²) >= 11 is 0. The number of aromatic nitrogens is 1. The number of nitrogens with zero attached hydrogens (tertiary/aromatic N) is 3. The molecule has 0 bridgehead atoms. The highest BCUT2D eigenvalue weighted by Crippen LogP contribution is 2.40. The molecule has 22 heavy (non-hydrogen) atoms. The first-order chi connectivity index (χ1) is 10.8. The number of carbonyl (C=O) groups excluding carboxylic acids is 2. The van der Waals surface area contributed by atoms with Crippen molar-refractivity contribution < 1.29 is 9.59 Å². The lowest BCUT2D eigenvalue weighted by Crippen LogP contribution is -2.49. The van der Waals surface area contributed by atoms with E-state index in [0.29, 0.717) is 11.6 Å². The van der Waals surface area contributed by atoms with Gasteiger partial charge in [0.25, 0.3) is 5.91 Å². The average Bonchev–Trinajstić information content (AvgIpc) is 3.39. The summed E-state index contributed by atoms with van der Waals surface area (Å²) in [7, 11) is 0. The van der Waals surface area contributed by atoms with Crippen molar-refractivity contribution >= 4 is 23.2 Å². The molecule has 1 aliphatic heterocycles. The molecule has 4 rings (SSSR count). The Hall–Kier alpha value is -2.69. The van der Waals surface area contributed by atoms with E-state index in [0.717, 1.165) is 24.2 Å². The maximum atomic E-state index is 12.7. The van der Waals surface area contributed by atoms with Crippen LogP contribution in [0, 0.1) is 0 Å². The van der Waals surface area contributed by atoms with E-state index in [-0.39, 0.29) is 18.4 Å². The molecule has 2 aliphatic rings. The number of amides is 2. The largest absolute Gasteiger partial charge is 0.306 e. The Kier molecular flexibility index (Phi) is 2.92. The highest BCUT2D eigenvalue weighted by molar-refractivity contribution is 6.16. The molecule has 1 fully saturated rings. The van der Waals surface area contributed by atoms with Crippen molar-refractivity contribution in [3.8, 4) is 0 Å². The number of hydrogen-bond donors (Lipinski definition) is 0. The van der Waals surface area contributed by atoms with Crippen LogP contribution >= 0.6 is 0 Å². The molecule has 110 valence electrons. The molecule has 1 aromatic carbocycles. The molecule has 0 atom stereocenters. The van der Waals surface area contributed by atoms with Gasteiger partial charge in [-0.2, -0.15) is 0 Å². The lowest BCUT2D eigenvalue weighted by molar-refractivity contribution is -0.117. The fourth-order valence-corrected chi connectivity index (χ4v) is 2.89. The maximum absolute atomic E-state index is 12.7. The number of carbonyl (C=O) groups is 2. The van der Waals surface area contributed by atoms with Crippen LogP contribution in [0.3, 0.4) is 0 Å². The Bertz CT molecular complexity index is 741. The summed E-state index contributed by atoms with van der Waals surface area (Å²) in [5, 5.41) is 0. The Morgan fingerprint density at radius 1 is 1.09 bits per heavy atom.